The third kappa shape index (κ3) is 3.00. The van der Waals surface area contributed by atoms with Crippen molar-refractivity contribution in [2.24, 2.45) is 0 Å². The zero-order chi connectivity index (χ0) is 14.8. The highest BCUT2D eigenvalue weighted by Crippen LogP contribution is 2.28. The van der Waals surface area contributed by atoms with Gasteiger partial charge in [-0.25, -0.2) is 15.0 Å². The van der Waals surface area contributed by atoms with Gasteiger partial charge in [0.15, 0.2) is 5.16 Å². The van der Waals surface area contributed by atoms with Crippen molar-refractivity contribution in [3.05, 3.63) is 35.5 Å². The molecule has 21 heavy (non-hydrogen) atoms. The van der Waals surface area contributed by atoms with Gasteiger partial charge >= 0.3 is 0 Å². The van der Waals surface area contributed by atoms with Gasteiger partial charge in [-0.3, -0.25) is 0 Å². The summed E-state index contributed by atoms with van der Waals surface area (Å²) in [5.74, 6) is 0.651. The Bertz CT molecular complexity index is 781. The summed E-state index contributed by atoms with van der Waals surface area (Å²) in [7, 11) is 0. The highest BCUT2D eigenvalue weighted by Gasteiger charge is 2.09. The largest absolute Gasteiger partial charge is 0.354 e. The Kier molecular flexibility index (Phi) is 3.79. The standard InChI is InChI=1S/C15H17N5S/c1-4-16-14-17-8-10(3)13(20-14)21-15-18-11-6-5-9(2)7-12(11)19-15/h5-8H,4H2,1-3H3,(H,18,19)(H,16,17,20). The molecular weight excluding hydrogens is 282 g/mol. The first-order valence-corrected chi connectivity index (χ1v) is 7.69. The van der Waals surface area contributed by atoms with Crippen LogP contribution in [0.15, 0.2) is 34.6 Å². The Morgan fingerprint density at radius 3 is 2.90 bits per heavy atom. The summed E-state index contributed by atoms with van der Waals surface area (Å²) in [5.41, 5.74) is 4.28. The summed E-state index contributed by atoms with van der Waals surface area (Å²) < 4.78 is 0. The van der Waals surface area contributed by atoms with Crippen molar-refractivity contribution in [1.82, 2.24) is 19.9 Å². The zero-order valence-corrected chi connectivity index (χ0v) is 13.1. The van der Waals surface area contributed by atoms with Crippen LogP contribution in [0.25, 0.3) is 11.0 Å². The molecule has 2 aromatic heterocycles. The van der Waals surface area contributed by atoms with Gasteiger partial charge in [-0.15, -0.1) is 0 Å². The Labute approximate surface area is 127 Å². The topological polar surface area (TPSA) is 66.5 Å². The Balaban J connectivity index is 1.92. The van der Waals surface area contributed by atoms with E-state index < -0.39 is 0 Å². The summed E-state index contributed by atoms with van der Waals surface area (Å²) in [4.78, 5) is 16.7. The minimum Gasteiger partial charge on any atom is -0.354 e. The van der Waals surface area contributed by atoms with E-state index in [1.165, 1.54) is 17.3 Å². The van der Waals surface area contributed by atoms with Gasteiger partial charge < -0.3 is 10.3 Å². The van der Waals surface area contributed by atoms with E-state index in [1.54, 1.807) is 0 Å². The van der Waals surface area contributed by atoms with Crippen LogP contribution in [-0.4, -0.2) is 26.5 Å². The number of anilines is 1. The van der Waals surface area contributed by atoms with Crippen LogP contribution in [0, 0.1) is 13.8 Å². The minimum atomic E-state index is 0.651. The van der Waals surface area contributed by atoms with E-state index in [4.69, 9.17) is 0 Å². The second-order valence-electron chi connectivity index (χ2n) is 4.88. The first kappa shape index (κ1) is 13.9. The molecule has 0 saturated carbocycles. The molecule has 1 aromatic carbocycles. The van der Waals surface area contributed by atoms with Crippen molar-refractivity contribution in [3.8, 4) is 0 Å². The van der Waals surface area contributed by atoms with E-state index in [9.17, 15) is 0 Å². The van der Waals surface area contributed by atoms with Crippen LogP contribution in [0.4, 0.5) is 5.95 Å². The summed E-state index contributed by atoms with van der Waals surface area (Å²) in [5, 5.41) is 4.89. The molecule has 0 aliphatic heterocycles. The number of nitrogens with zero attached hydrogens (tertiary/aromatic N) is 3. The lowest BCUT2D eigenvalue weighted by Crippen LogP contribution is -2.03. The van der Waals surface area contributed by atoms with Crippen LogP contribution >= 0.6 is 11.8 Å². The van der Waals surface area contributed by atoms with Crippen molar-refractivity contribution in [1.29, 1.82) is 0 Å². The normalized spacial score (nSPS) is 11.0. The number of aryl methyl sites for hydroxylation is 2. The number of hydrogen-bond acceptors (Lipinski definition) is 5. The average Bonchev–Trinajstić information content (AvgIpc) is 2.84. The van der Waals surface area contributed by atoms with Crippen molar-refractivity contribution < 1.29 is 0 Å². The Hall–Kier alpha value is -2.08. The second kappa shape index (κ2) is 5.73. The number of H-pyrrole nitrogens is 1. The van der Waals surface area contributed by atoms with Crippen LogP contribution < -0.4 is 5.32 Å². The quantitative estimate of drug-likeness (QED) is 0.721. The van der Waals surface area contributed by atoms with Crippen molar-refractivity contribution >= 4 is 28.7 Å². The minimum absolute atomic E-state index is 0.651. The van der Waals surface area contributed by atoms with Gasteiger partial charge in [0, 0.05) is 18.3 Å². The van der Waals surface area contributed by atoms with Gasteiger partial charge in [-0.2, -0.15) is 0 Å². The number of aromatic amines is 1. The molecule has 3 aromatic rings. The highest BCUT2D eigenvalue weighted by molar-refractivity contribution is 7.99. The maximum atomic E-state index is 4.59. The lowest BCUT2D eigenvalue weighted by molar-refractivity contribution is 0.974. The van der Waals surface area contributed by atoms with E-state index >= 15 is 0 Å². The smallest absolute Gasteiger partial charge is 0.223 e. The van der Waals surface area contributed by atoms with Gasteiger partial charge in [0.25, 0.3) is 0 Å². The molecule has 0 aliphatic carbocycles. The van der Waals surface area contributed by atoms with Crippen molar-refractivity contribution in [3.63, 3.8) is 0 Å². The number of aromatic nitrogens is 4. The lowest BCUT2D eigenvalue weighted by Gasteiger charge is -2.05. The van der Waals surface area contributed by atoms with Gasteiger partial charge in [-0.05, 0) is 50.2 Å². The average molecular weight is 299 g/mol. The molecule has 5 nitrogen and oxygen atoms in total. The van der Waals surface area contributed by atoms with Gasteiger partial charge in [0.2, 0.25) is 5.95 Å². The fraction of sp³-hybridized carbons (Fsp3) is 0.267. The van der Waals surface area contributed by atoms with Gasteiger partial charge in [0.05, 0.1) is 11.0 Å². The summed E-state index contributed by atoms with van der Waals surface area (Å²) >= 11 is 1.53. The maximum Gasteiger partial charge on any atom is 0.223 e. The third-order valence-corrected chi connectivity index (χ3v) is 4.06. The molecule has 0 atom stereocenters. The fourth-order valence-corrected chi connectivity index (χ4v) is 2.85. The second-order valence-corrected chi connectivity index (χ2v) is 5.85. The number of benzene rings is 1. The molecule has 2 heterocycles. The molecule has 0 unspecified atom stereocenters. The zero-order valence-electron chi connectivity index (χ0n) is 12.3. The Morgan fingerprint density at radius 1 is 1.24 bits per heavy atom. The summed E-state index contributed by atoms with van der Waals surface area (Å²) in [6.45, 7) is 6.91. The first-order valence-electron chi connectivity index (χ1n) is 6.87. The van der Waals surface area contributed by atoms with Crippen LogP contribution in [0.3, 0.4) is 0 Å². The van der Waals surface area contributed by atoms with Crippen LogP contribution in [-0.2, 0) is 0 Å². The van der Waals surface area contributed by atoms with Crippen LogP contribution in [0.2, 0.25) is 0 Å². The number of hydrogen-bond donors (Lipinski definition) is 2. The predicted molar refractivity (Wildman–Crippen MR) is 85.9 cm³/mol. The van der Waals surface area contributed by atoms with Crippen LogP contribution in [0.5, 0.6) is 0 Å². The van der Waals surface area contributed by atoms with E-state index in [0.717, 1.165) is 33.3 Å². The van der Waals surface area contributed by atoms with Gasteiger partial charge in [0.1, 0.15) is 5.03 Å². The summed E-state index contributed by atoms with van der Waals surface area (Å²) in [6, 6.07) is 6.20. The number of rotatable bonds is 4. The molecule has 108 valence electrons. The SMILES string of the molecule is CCNc1ncc(C)c(Sc2nc3ccc(C)cc3[nH]2)n1. The van der Waals surface area contributed by atoms with Gasteiger partial charge in [-0.1, -0.05) is 6.07 Å². The number of imidazole rings is 1. The molecule has 0 spiro atoms. The van der Waals surface area contributed by atoms with E-state index in [2.05, 4.69) is 44.3 Å². The molecule has 0 radical (unpaired) electrons. The number of nitrogens with one attached hydrogen (secondary N) is 2. The molecule has 3 rings (SSSR count). The number of fused-ring (bicyclic) bond motifs is 1. The van der Waals surface area contributed by atoms with E-state index in [1.807, 2.05) is 26.1 Å². The molecule has 2 N–H and O–H groups in total. The summed E-state index contributed by atoms with van der Waals surface area (Å²) in [6.07, 6.45) is 1.83. The molecule has 0 fully saturated rings. The fourth-order valence-electron chi connectivity index (χ4n) is 2.01. The molecule has 0 bridgehead atoms. The van der Waals surface area contributed by atoms with E-state index in [-0.39, 0.29) is 0 Å². The highest BCUT2D eigenvalue weighted by atomic mass is 32.2. The van der Waals surface area contributed by atoms with Crippen molar-refractivity contribution in [2.75, 3.05) is 11.9 Å². The Morgan fingerprint density at radius 2 is 2.10 bits per heavy atom. The van der Waals surface area contributed by atoms with Crippen LogP contribution in [0.1, 0.15) is 18.1 Å². The third-order valence-electron chi connectivity index (χ3n) is 3.07. The lowest BCUT2D eigenvalue weighted by atomic mass is 10.2. The molecule has 0 amide bonds. The predicted octanol–water partition coefficient (Wildman–Crippen LogP) is 3.55. The molecular formula is C15H17N5S. The monoisotopic (exact) mass is 299 g/mol. The van der Waals surface area contributed by atoms with Crippen molar-refractivity contribution in [2.45, 2.75) is 31.0 Å². The van der Waals surface area contributed by atoms with E-state index in [0.29, 0.717) is 5.95 Å². The molecule has 6 heteroatoms. The maximum absolute atomic E-state index is 4.59. The first-order chi connectivity index (χ1) is 10.2. The molecule has 0 saturated heterocycles. The molecule has 0 aliphatic rings.